The molecule has 1 aliphatic rings. The van der Waals surface area contributed by atoms with E-state index in [2.05, 4.69) is 5.32 Å². The van der Waals surface area contributed by atoms with Gasteiger partial charge in [0.1, 0.15) is 11.8 Å². The highest BCUT2D eigenvalue weighted by Crippen LogP contribution is 2.26. The van der Waals surface area contributed by atoms with Gasteiger partial charge < -0.3 is 15.0 Å². The molecule has 172 valence electrons. The van der Waals surface area contributed by atoms with Crippen molar-refractivity contribution >= 4 is 46.6 Å². The van der Waals surface area contributed by atoms with E-state index < -0.39 is 6.04 Å². The molecular formula is C24H27Cl3N2O3. The van der Waals surface area contributed by atoms with Gasteiger partial charge in [0.15, 0.2) is 6.61 Å². The van der Waals surface area contributed by atoms with Gasteiger partial charge in [0.25, 0.3) is 5.91 Å². The van der Waals surface area contributed by atoms with Crippen molar-refractivity contribution in [3.05, 3.63) is 63.1 Å². The van der Waals surface area contributed by atoms with Crippen LogP contribution in [0, 0.1) is 0 Å². The molecule has 8 heteroatoms. The topological polar surface area (TPSA) is 58.6 Å². The first-order valence-corrected chi connectivity index (χ1v) is 11.9. The number of ether oxygens (including phenoxy) is 1. The Bertz CT molecular complexity index is 948. The fourth-order valence-corrected chi connectivity index (χ4v) is 4.56. The summed E-state index contributed by atoms with van der Waals surface area (Å²) < 4.78 is 5.67. The number of amides is 2. The van der Waals surface area contributed by atoms with Crippen LogP contribution in [0.5, 0.6) is 5.75 Å². The van der Waals surface area contributed by atoms with E-state index in [0.29, 0.717) is 32.8 Å². The molecule has 1 atom stereocenters. The summed E-state index contributed by atoms with van der Waals surface area (Å²) in [6.07, 6.45) is 4.61. The second-order valence-electron chi connectivity index (χ2n) is 7.89. The molecule has 32 heavy (non-hydrogen) atoms. The SMILES string of the molecule is CC[C@@H](C(=O)NC1CCCC1)N(Cc1ccc(Cl)cc1Cl)C(=O)COc1ccccc1Cl. The van der Waals surface area contributed by atoms with Crippen LogP contribution in [-0.4, -0.2) is 35.4 Å². The zero-order valence-electron chi connectivity index (χ0n) is 18.0. The first-order valence-electron chi connectivity index (χ1n) is 10.8. The molecule has 0 bridgehead atoms. The van der Waals surface area contributed by atoms with E-state index in [4.69, 9.17) is 39.5 Å². The Kier molecular flexibility index (Phi) is 9.09. The molecule has 0 radical (unpaired) electrons. The van der Waals surface area contributed by atoms with Crippen molar-refractivity contribution in [3.63, 3.8) is 0 Å². The fraction of sp³-hybridized carbons (Fsp3) is 0.417. The van der Waals surface area contributed by atoms with Crippen molar-refractivity contribution in [3.8, 4) is 5.75 Å². The van der Waals surface area contributed by atoms with Crippen LogP contribution in [0.4, 0.5) is 0 Å². The predicted octanol–water partition coefficient (Wildman–Crippen LogP) is 5.89. The molecule has 3 rings (SSSR count). The Labute approximate surface area is 204 Å². The largest absolute Gasteiger partial charge is 0.482 e. The first-order chi connectivity index (χ1) is 15.4. The van der Waals surface area contributed by atoms with Gasteiger partial charge in [-0.05, 0) is 49.1 Å². The maximum Gasteiger partial charge on any atom is 0.261 e. The van der Waals surface area contributed by atoms with Gasteiger partial charge in [0.2, 0.25) is 5.91 Å². The van der Waals surface area contributed by atoms with Crippen LogP contribution in [-0.2, 0) is 16.1 Å². The third-order valence-electron chi connectivity index (χ3n) is 5.63. The maximum absolute atomic E-state index is 13.3. The number of hydrogen-bond acceptors (Lipinski definition) is 3. The van der Waals surface area contributed by atoms with Crippen LogP contribution in [0.15, 0.2) is 42.5 Å². The zero-order chi connectivity index (χ0) is 23.1. The Balaban J connectivity index is 1.80. The van der Waals surface area contributed by atoms with Crippen molar-refractivity contribution < 1.29 is 14.3 Å². The lowest BCUT2D eigenvalue weighted by Gasteiger charge is -2.31. The van der Waals surface area contributed by atoms with Gasteiger partial charge in [-0.1, -0.05) is 72.8 Å². The highest BCUT2D eigenvalue weighted by Gasteiger charge is 2.31. The molecule has 1 fully saturated rings. The summed E-state index contributed by atoms with van der Waals surface area (Å²) in [5.41, 5.74) is 0.703. The normalized spacial score (nSPS) is 14.8. The van der Waals surface area contributed by atoms with E-state index >= 15 is 0 Å². The summed E-state index contributed by atoms with van der Waals surface area (Å²) in [7, 11) is 0. The molecule has 2 amide bonds. The van der Waals surface area contributed by atoms with Gasteiger partial charge in [-0.2, -0.15) is 0 Å². The summed E-state index contributed by atoms with van der Waals surface area (Å²) in [4.78, 5) is 27.9. The number of nitrogens with zero attached hydrogens (tertiary/aromatic N) is 1. The van der Waals surface area contributed by atoms with Crippen LogP contribution in [0.3, 0.4) is 0 Å². The molecule has 0 spiro atoms. The Morgan fingerprint density at radius 3 is 2.47 bits per heavy atom. The number of carbonyl (C=O) groups excluding carboxylic acids is 2. The predicted molar refractivity (Wildman–Crippen MR) is 128 cm³/mol. The van der Waals surface area contributed by atoms with Crippen molar-refractivity contribution in [2.75, 3.05) is 6.61 Å². The number of benzene rings is 2. The number of carbonyl (C=O) groups is 2. The summed E-state index contributed by atoms with van der Waals surface area (Å²) in [6, 6.07) is 11.6. The van der Waals surface area contributed by atoms with Crippen molar-refractivity contribution in [1.29, 1.82) is 0 Å². The fourth-order valence-electron chi connectivity index (χ4n) is 3.90. The lowest BCUT2D eigenvalue weighted by atomic mass is 10.1. The zero-order valence-corrected chi connectivity index (χ0v) is 20.2. The standard InChI is InChI=1S/C24H27Cl3N2O3/c1-2-21(24(31)28-18-7-3-4-8-18)29(14-16-11-12-17(25)13-20(16)27)23(30)15-32-22-10-6-5-9-19(22)26/h5-6,9-13,18,21H,2-4,7-8,14-15H2,1H3,(H,28,31)/t21-/m0/s1. The monoisotopic (exact) mass is 496 g/mol. The van der Waals surface area contributed by atoms with E-state index in [1.165, 1.54) is 4.90 Å². The molecule has 0 aromatic heterocycles. The summed E-state index contributed by atoms with van der Waals surface area (Å²) in [6.45, 7) is 1.80. The Morgan fingerprint density at radius 1 is 1.09 bits per heavy atom. The lowest BCUT2D eigenvalue weighted by Crippen LogP contribution is -2.52. The smallest absolute Gasteiger partial charge is 0.261 e. The first kappa shape index (κ1) is 24.7. The Hall–Kier alpha value is -1.95. The van der Waals surface area contributed by atoms with E-state index in [-0.39, 0.29) is 31.0 Å². The average Bonchev–Trinajstić information content (AvgIpc) is 3.27. The molecule has 0 unspecified atom stereocenters. The number of halogens is 3. The summed E-state index contributed by atoms with van der Waals surface area (Å²) in [5.74, 6) is -0.0737. The third kappa shape index (κ3) is 6.53. The molecule has 5 nitrogen and oxygen atoms in total. The van der Waals surface area contributed by atoms with Crippen LogP contribution < -0.4 is 10.1 Å². The van der Waals surface area contributed by atoms with E-state index in [1.807, 2.05) is 6.92 Å². The summed E-state index contributed by atoms with van der Waals surface area (Å²) in [5, 5.41) is 4.47. The minimum Gasteiger partial charge on any atom is -0.482 e. The lowest BCUT2D eigenvalue weighted by molar-refractivity contribution is -0.143. The second kappa shape index (κ2) is 11.8. The van der Waals surface area contributed by atoms with Crippen LogP contribution in [0.25, 0.3) is 0 Å². The molecule has 0 heterocycles. The maximum atomic E-state index is 13.3. The van der Waals surface area contributed by atoms with E-state index in [0.717, 1.165) is 25.7 Å². The van der Waals surface area contributed by atoms with Crippen LogP contribution in [0.1, 0.15) is 44.6 Å². The number of para-hydroxylation sites is 1. The highest BCUT2D eigenvalue weighted by molar-refractivity contribution is 6.35. The van der Waals surface area contributed by atoms with Gasteiger partial charge >= 0.3 is 0 Å². The number of rotatable bonds is 9. The quantitative estimate of drug-likeness (QED) is 0.470. The number of nitrogens with one attached hydrogen (secondary N) is 1. The highest BCUT2D eigenvalue weighted by atomic mass is 35.5. The van der Waals surface area contributed by atoms with Crippen molar-refractivity contribution in [2.45, 2.75) is 57.7 Å². The minimum atomic E-state index is -0.648. The van der Waals surface area contributed by atoms with Crippen LogP contribution in [0.2, 0.25) is 15.1 Å². The molecular weight excluding hydrogens is 471 g/mol. The van der Waals surface area contributed by atoms with Crippen molar-refractivity contribution in [2.24, 2.45) is 0 Å². The van der Waals surface area contributed by atoms with Crippen LogP contribution >= 0.6 is 34.8 Å². The molecule has 2 aromatic rings. The molecule has 1 saturated carbocycles. The third-order valence-corrected chi connectivity index (χ3v) is 6.53. The van der Waals surface area contributed by atoms with Gasteiger partial charge in [0, 0.05) is 22.6 Å². The van der Waals surface area contributed by atoms with Crippen molar-refractivity contribution in [1.82, 2.24) is 10.2 Å². The molecule has 2 aromatic carbocycles. The average molecular weight is 498 g/mol. The Morgan fingerprint density at radius 2 is 1.81 bits per heavy atom. The molecule has 1 N–H and O–H groups in total. The van der Waals surface area contributed by atoms with E-state index in [1.54, 1.807) is 42.5 Å². The molecule has 0 aliphatic heterocycles. The van der Waals surface area contributed by atoms with Gasteiger partial charge in [0.05, 0.1) is 5.02 Å². The summed E-state index contributed by atoms with van der Waals surface area (Å²) >= 11 is 18.5. The van der Waals surface area contributed by atoms with Gasteiger partial charge in [-0.15, -0.1) is 0 Å². The molecule has 0 saturated heterocycles. The van der Waals surface area contributed by atoms with Gasteiger partial charge in [-0.3, -0.25) is 9.59 Å². The molecule has 1 aliphatic carbocycles. The minimum absolute atomic E-state index is 0.157. The van der Waals surface area contributed by atoms with Gasteiger partial charge in [-0.25, -0.2) is 0 Å². The second-order valence-corrected chi connectivity index (χ2v) is 9.14. The number of hydrogen-bond donors (Lipinski definition) is 1. The van der Waals surface area contributed by atoms with E-state index in [9.17, 15) is 9.59 Å².